The minimum Gasteiger partial charge on any atom is -0.462 e. The van der Waals surface area contributed by atoms with Crippen LogP contribution >= 0.6 is 0 Å². The van der Waals surface area contributed by atoms with E-state index in [0.717, 1.165) is 19.4 Å². The van der Waals surface area contributed by atoms with Crippen molar-refractivity contribution in [2.75, 3.05) is 33.5 Å². The summed E-state index contributed by atoms with van der Waals surface area (Å²) in [6.45, 7) is 3.62. The van der Waals surface area contributed by atoms with Gasteiger partial charge in [-0.2, -0.15) is 0 Å². The van der Waals surface area contributed by atoms with Gasteiger partial charge in [-0.3, -0.25) is 0 Å². The van der Waals surface area contributed by atoms with Crippen LogP contribution in [0.3, 0.4) is 0 Å². The van der Waals surface area contributed by atoms with Crippen LogP contribution in [0.5, 0.6) is 0 Å². The van der Waals surface area contributed by atoms with Gasteiger partial charge in [0.2, 0.25) is 0 Å². The first-order chi connectivity index (χ1) is 6.31. The number of unbranched alkanes of at least 4 members (excludes halogenated alkanes) is 1. The highest BCUT2D eigenvalue weighted by molar-refractivity contribution is 5.70. The summed E-state index contributed by atoms with van der Waals surface area (Å²) in [7, 11) is 1.46. The monoisotopic (exact) mass is 190 g/mol. The molecule has 13 heavy (non-hydrogen) atoms. The first kappa shape index (κ1) is 12.4. The molecular weight excluding hydrogens is 172 g/mol. The molecule has 78 valence electrons. The predicted molar refractivity (Wildman–Crippen MR) is 48.6 cm³/mol. The fourth-order valence-electron chi connectivity index (χ4n) is 0.722. The molecule has 0 unspecified atom stereocenters. The van der Waals surface area contributed by atoms with Gasteiger partial charge in [0.05, 0.1) is 6.61 Å². The quantitative estimate of drug-likeness (QED) is 0.423. The summed E-state index contributed by atoms with van der Waals surface area (Å²) in [6.07, 6.45) is 2.16. The molecular formula is C9H18O4. The van der Waals surface area contributed by atoms with Crippen LogP contribution in [0, 0.1) is 0 Å². The van der Waals surface area contributed by atoms with E-state index in [-0.39, 0.29) is 12.6 Å². The van der Waals surface area contributed by atoms with Gasteiger partial charge in [-0.1, -0.05) is 13.3 Å². The maximum atomic E-state index is 10.7. The summed E-state index contributed by atoms with van der Waals surface area (Å²) < 4.78 is 14.5. The number of methoxy groups -OCH3 is 1. The Labute approximate surface area is 79.2 Å². The van der Waals surface area contributed by atoms with Gasteiger partial charge in [0, 0.05) is 13.7 Å². The second kappa shape index (κ2) is 9.48. The molecule has 0 N–H and O–H groups in total. The van der Waals surface area contributed by atoms with Crippen molar-refractivity contribution in [1.82, 2.24) is 0 Å². The smallest absolute Gasteiger partial charge is 0.332 e. The van der Waals surface area contributed by atoms with Crippen LogP contribution in [-0.2, 0) is 19.0 Å². The average Bonchev–Trinajstić information content (AvgIpc) is 2.11. The molecule has 0 radical (unpaired) electrons. The van der Waals surface area contributed by atoms with Gasteiger partial charge < -0.3 is 14.2 Å². The molecule has 0 aliphatic carbocycles. The second-order valence-corrected chi connectivity index (χ2v) is 2.62. The van der Waals surface area contributed by atoms with Crippen LogP contribution < -0.4 is 0 Å². The molecule has 0 aliphatic rings. The van der Waals surface area contributed by atoms with Gasteiger partial charge in [-0.25, -0.2) is 4.79 Å². The number of carbonyl (C=O) groups is 1. The van der Waals surface area contributed by atoms with Crippen LogP contribution in [0.15, 0.2) is 0 Å². The summed E-state index contributed by atoms with van der Waals surface area (Å²) in [6, 6.07) is 0. The molecule has 0 aliphatic heterocycles. The highest BCUT2D eigenvalue weighted by atomic mass is 16.6. The summed E-state index contributed by atoms with van der Waals surface area (Å²) >= 11 is 0. The van der Waals surface area contributed by atoms with Crippen LogP contribution in [0.1, 0.15) is 19.8 Å². The van der Waals surface area contributed by atoms with Gasteiger partial charge in [0.25, 0.3) is 0 Å². The average molecular weight is 190 g/mol. The van der Waals surface area contributed by atoms with E-state index in [2.05, 4.69) is 11.7 Å². The zero-order chi connectivity index (χ0) is 9.94. The van der Waals surface area contributed by atoms with Gasteiger partial charge >= 0.3 is 5.97 Å². The first-order valence-corrected chi connectivity index (χ1v) is 4.53. The topological polar surface area (TPSA) is 44.8 Å². The number of rotatable bonds is 8. The normalized spacial score (nSPS) is 10.0. The Morgan fingerprint density at radius 2 is 2.00 bits per heavy atom. The molecule has 0 aromatic carbocycles. The van der Waals surface area contributed by atoms with E-state index in [9.17, 15) is 4.79 Å². The zero-order valence-electron chi connectivity index (χ0n) is 8.38. The molecule has 0 aromatic heterocycles. The van der Waals surface area contributed by atoms with Crippen molar-refractivity contribution in [3.63, 3.8) is 0 Å². The number of esters is 1. The lowest BCUT2D eigenvalue weighted by atomic mass is 10.4. The number of ether oxygens (including phenoxy) is 3. The molecule has 0 rings (SSSR count). The summed E-state index contributed by atoms with van der Waals surface area (Å²) in [5.74, 6) is -0.346. The summed E-state index contributed by atoms with van der Waals surface area (Å²) in [5.41, 5.74) is 0. The van der Waals surface area contributed by atoms with E-state index < -0.39 is 0 Å². The Morgan fingerprint density at radius 3 is 2.62 bits per heavy atom. The summed E-state index contributed by atoms with van der Waals surface area (Å²) in [4.78, 5) is 10.7. The molecule has 4 nitrogen and oxygen atoms in total. The minimum absolute atomic E-state index is 0.00889. The third-order valence-electron chi connectivity index (χ3n) is 1.40. The van der Waals surface area contributed by atoms with Crippen LogP contribution in [0.25, 0.3) is 0 Å². The van der Waals surface area contributed by atoms with Gasteiger partial charge in [-0.15, -0.1) is 0 Å². The van der Waals surface area contributed by atoms with Crippen molar-refractivity contribution in [2.24, 2.45) is 0 Å². The van der Waals surface area contributed by atoms with E-state index in [1.807, 2.05) is 0 Å². The number of hydrogen-bond donors (Lipinski definition) is 0. The lowest BCUT2D eigenvalue weighted by molar-refractivity contribution is -0.149. The maximum Gasteiger partial charge on any atom is 0.332 e. The van der Waals surface area contributed by atoms with Gasteiger partial charge in [0.1, 0.15) is 13.2 Å². The van der Waals surface area contributed by atoms with E-state index in [1.165, 1.54) is 7.11 Å². The van der Waals surface area contributed by atoms with Crippen LogP contribution in [-0.4, -0.2) is 39.5 Å². The van der Waals surface area contributed by atoms with Crippen molar-refractivity contribution in [2.45, 2.75) is 19.8 Å². The Morgan fingerprint density at radius 1 is 1.23 bits per heavy atom. The van der Waals surface area contributed by atoms with Gasteiger partial charge in [-0.05, 0) is 6.42 Å². The molecule has 0 saturated carbocycles. The first-order valence-electron chi connectivity index (χ1n) is 4.53. The lowest BCUT2D eigenvalue weighted by Gasteiger charge is -2.04. The fraction of sp³-hybridized carbons (Fsp3) is 0.889. The molecule has 0 fully saturated rings. The van der Waals surface area contributed by atoms with Crippen LogP contribution in [0.2, 0.25) is 0 Å². The van der Waals surface area contributed by atoms with Crippen molar-refractivity contribution in [1.29, 1.82) is 0 Å². The van der Waals surface area contributed by atoms with Crippen molar-refractivity contribution in [3.8, 4) is 0 Å². The Kier molecular flexibility index (Phi) is 9.03. The van der Waals surface area contributed by atoms with E-state index >= 15 is 0 Å². The van der Waals surface area contributed by atoms with Crippen molar-refractivity contribution in [3.05, 3.63) is 0 Å². The molecule has 0 amide bonds. The third-order valence-corrected chi connectivity index (χ3v) is 1.40. The largest absolute Gasteiger partial charge is 0.462 e. The number of carbonyl (C=O) groups excluding carboxylic acids is 1. The minimum atomic E-state index is -0.346. The van der Waals surface area contributed by atoms with Crippen molar-refractivity contribution < 1.29 is 19.0 Å². The SMILES string of the molecule is CCCCOCCOC(=O)COC. The van der Waals surface area contributed by atoms with Crippen LogP contribution in [0.4, 0.5) is 0 Å². The molecule has 4 heteroatoms. The second-order valence-electron chi connectivity index (χ2n) is 2.62. The van der Waals surface area contributed by atoms with E-state index in [0.29, 0.717) is 13.2 Å². The Hall–Kier alpha value is -0.610. The molecule has 0 saturated heterocycles. The molecule has 0 spiro atoms. The maximum absolute atomic E-state index is 10.7. The zero-order valence-corrected chi connectivity index (χ0v) is 8.38. The molecule has 0 atom stereocenters. The third kappa shape index (κ3) is 9.30. The highest BCUT2D eigenvalue weighted by Gasteiger charge is 1.99. The fourth-order valence-corrected chi connectivity index (χ4v) is 0.722. The Balaban J connectivity index is 3.02. The van der Waals surface area contributed by atoms with Crippen molar-refractivity contribution >= 4 is 5.97 Å². The van der Waals surface area contributed by atoms with E-state index in [4.69, 9.17) is 9.47 Å². The molecule has 0 aromatic rings. The summed E-state index contributed by atoms with van der Waals surface area (Å²) in [5, 5.41) is 0. The predicted octanol–water partition coefficient (Wildman–Crippen LogP) is 0.993. The highest BCUT2D eigenvalue weighted by Crippen LogP contribution is 1.88. The van der Waals surface area contributed by atoms with E-state index in [1.54, 1.807) is 0 Å². The Bertz CT molecular complexity index is 125. The molecule has 0 bridgehead atoms. The molecule has 0 heterocycles. The lowest BCUT2D eigenvalue weighted by Crippen LogP contribution is -2.15. The number of hydrogen-bond acceptors (Lipinski definition) is 4. The van der Waals surface area contributed by atoms with Gasteiger partial charge in [0.15, 0.2) is 0 Å². The standard InChI is InChI=1S/C9H18O4/c1-3-4-5-12-6-7-13-9(10)8-11-2/h3-8H2,1-2H3.